The molecule has 2 rings (SSSR count). The Balaban J connectivity index is 0.00000264. The number of allylic oxidation sites excluding steroid dienone is 2. The molecular formula is C18H21NaO4. The summed E-state index contributed by atoms with van der Waals surface area (Å²) in [6.07, 6.45) is 6.57. The molecule has 0 saturated heterocycles. The van der Waals surface area contributed by atoms with Crippen LogP contribution in [0.5, 0.6) is 0 Å². The molecule has 0 aromatic heterocycles. The first-order valence-electron chi connectivity index (χ1n) is 7.61. The normalized spacial score (nSPS) is 23.0. The zero-order chi connectivity index (χ0) is 15.8. The Morgan fingerprint density at radius 3 is 2.74 bits per heavy atom. The minimum absolute atomic E-state index is 0. The minimum atomic E-state index is -1.12. The van der Waals surface area contributed by atoms with Gasteiger partial charge in [0.2, 0.25) is 0 Å². The van der Waals surface area contributed by atoms with E-state index in [1.807, 2.05) is 42.5 Å². The molecule has 4 nitrogen and oxygen atoms in total. The van der Waals surface area contributed by atoms with Gasteiger partial charge >= 0.3 is 29.6 Å². The molecule has 0 radical (unpaired) electrons. The Morgan fingerprint density at radius 1 is 1.35 bits per heavy atom. The molecule has 0 saturated carbocycles. The Kier molecular flexibility index (Phi) is 8.77. The van der Waals surface area contributed by atoms with Crippen LogP contribution in [0.4, 0.5) is 0 Å². The van der Waals surface area contributed by atoms with E-state index < -0.39 is 11.4 Å². The van der Waals surface area contributed by atoms with E-state index >= 15 is 0 Å². The van der Waals surface area contributed by atoms with Crippen LogP contribution in [-0.4, -0.2) is 18.9 Å². The quantitative estimate of drug-likeness (QED) is 0.263. The van der Waals surface area contributed by atoms with Crippen molar-refractivity contribution in [3.8, 4) is 0 Å². The number of carbonyl (C=O) groups excluding carboxylic acids is 2. The second-order valence-corrected chi connectivity index (χ2v) is 5.79. The molecule has 0 N–H and O–H groups in total. The topological polar surface area (TPSA) is 66.4 Å². The molecule has 0 spiro atoms. The van der Waals surface area contributed by atoms with Crippen LogP contribution in [0.1, 0.15) is 31.2 Å². The Bertz CT molecular complexity index is 529. The molecule has 1 aliphatic rings. The molecule has 0 heterocycles. The van der Waals surface area contributed by atoms with E-state index in [-0.39, 0.29) is 41.9 Å². The van der Waals surface area contributed by atoms with Crippen LogP contribution in [-0.2, 0) is 20.9 Å². The van der Waals surface area contributed by atoms with Gasteiger partial charge in [0, 0.05) is 18.0 Å². The summed E-state index contributed by atoms with van der Waals surface area (Å²) in [5.41, 5.74) is 0.434. The zero-order valence-corrected chi connectivity index (χ0v) is 15.6. The van der Waals surface area contributed by atoms with Crippen molar-refractivity contribution < 1.29 is 49.0 Å². The third-order valence-corrected chi connectivity index (χ3v) is 4.33. The Morgan fingerprint density at radius 2 is 2.09 bits per heavy atom. The molecular weight excluding hydrogens is 303 g/mol. The van der Waals surface area contributed by atoms with Crippen molar-refractivity contribution in [3.63, 3.8) is 0 Å². The van der Waals surface area contributed by atoms with Gasteiger partial charge in [-0.1, -0.05) is 42.5 Å². The number of carbonyl (C=O) groups is 2. The SMILES string of the molecule is O=C[C@@]1(CCOCc2ccccc2)CCC=C[C@H]1CC(=O)[O-].[Na+]. The van der Waals surface area contributed by atoms with E-state index in [1.165, 1.54) is 0 Å². The summed E-state index contributed by atoms with van der Waals surface area (Å²) in [6, 6.07) is 9.82. The third kappa shape index (κ3) is 5.88. The number of ether oxygens (including phenoxy) is 1. The summed E-state index contributed by atoms with van der Waals surface area (Å²) in [5.74, 6) is -1.42. The van der Waals surface area contributed by atoms with Crippen molar-refractivity contribution in [2.75, 3.05) is 6.61 Å². The van der Waals surface area contributed by atoms with E-state index in [4.69, 9.17) is 4.74 Å². The van der Waals surface area contributed by atoms with Crippen LogP contribution in [0, 0.1) is 11.3 Å². The second-order valence-electron chi connectivity index (χ2n) is 5.79. The van der Waals surface area contributed by atoms with Crippen molar-refractivity contribution in [1.29, 1.82) is 0 Å². The number of carboxylic acids is 1. The van der Waals surface area contributed by atoms with E-state index in [9.17, 15) is 14.7 Å². The molecule has 1 aliphatic carbocycles. The molecule has 0 unspecified atom stereocenters. The van der Waals surface area contributed by atoms with Gasteiger partial charge in [0.15, 0.2) is 0 Å². The molecule has 23 heavy (non-hydrogen) atoms. The van der Waals surface area contributed by atoms with Crippen LogP contribution in [0.2, 0.25) is 0 Å². The van der Waals surface area contributed by atoms with Gasteiger partial charge in [0.25, 0.3) is 0 Å². The maximum absolute atomic E-state index is 11.6. The average molecular weight is 324 g/mol. The van der Waals surface area contributed by atoms with E-state index in [2.05, 4.69) is 0 Å². The van der Waals surface area contributed by atoms with Gasteiger partial charge in [-0.25, -0.2) is 0 Å². The van der Waals surface area contributed by atoms with Crippen molar-refractivity contribution >= 4 is 12.3 Å². The Hall–Kier alpha value is -0.940. The summed E-state index contributed by atoms with van der Waals surface area (Å²) in [4.78, 5) is 22.5. The number of hydrogen-bond donors (Lipinski definition) is 0. The maximum atomic E-state index is 11.6. The van der Waals surface area contributed by atoms with Gasteiger partial charge in [-0.15, -0.1) is 0 Å². The average Bonchev–Trinajstić information content (AvgIpc) is 2.54. The number of benzene rings is 1. The van der Waals surface area contributed by atoms with Crippen LogP contribution < -0.4 is 34.7 Å². The molecule has 1 aromatic carbocycles. The van der Waals surface area contributed by atoms with Crippen molar-refractivity contribution in [3.05, 3.63) is 48.0 Å². The minimum Gasteiger partial charge on any atom is -0.550 e. The fourth-order valence-corrected chi connectivity index (χ4v) is 2.98. The standard InChI is InChI=1S/C18H22O4.Na/c19-14-18(9-5-4-8-16(18)12-17(20)21)10-11-22-13-15-6-2-1-3-7-15;/h1-4,6-8,14,16H,5,9-13H2,(H,20,21);/q;+1/p-1/t16-,18-;/m0./s1. The van der Waals surface area contributed by atoms with Gasteiger partial charge in [-0.05, 0) is 37.2 Å². The summed E-state index contributed by atoms with van der Waals surface area (Å²) >= 11 is 0. The smallest absolute Gasteiger partial charge is 0.550 e. The first kappa shape index (κ1) is 20.1. The van der Waals surface area contributed by atoms with Crippen LogP contribution >= 0.6 is 0 Å². The molecule has 0 aliphatic heterocycles. The van der Waals surface area contributed by atoms with Crippen LogP contribution in [0.15, 0.2) is 42.5 Å². The molecule has 2 atom stereocenters. The van der Waals surface area contributed by atoms with E-state index in [0.29, 0.717) is 26.1 Å². The summed E-state index contributed by atoms with van der Waals surface area (Å²) in [7, 11) is 0. The Labute approximate surface area is 159 Å². The summed E-state index contributed by atoms with van der Waals surface area (Å²) in [6.45, 7) is 0.932. The van der Waals surface area contributed by atoms with Gasteiger partial charge in [0.1, 0.15) is 6.29 Å². The predicted octanol–water partition coefficient (Wildman–Crippen LogP) is -1.11. The first-order chi connectivity index (χ1) is 10.7. The number of carboxylic acid groups (broad SMARTS) is 1. The summed E-state index contributed by atoms with van der Waals surface area (Å²) < 4.78 is 5.66. The van der Waals surface area contributed by atoms with Gasteiger partial charge < -0.3 is 19.4 Å². The molecule has 1 aromatic rings. The number of hydrogen-bond acceptors (Lipinski definition) is 4. The van der Waals surface area contributed by atoms with Gasteiger partial charge in [-0.3, -0.25) is 0 Å². The molecule has 0 bridgehead atoms. The number of aldehydes is 1. The van der Waals surface area contributed by atoms with Crippen molar-refractivity contribution in [2.24, 2.45) is 11.3 Å². The fourth-order valence-electron chi connectivity index (χ4n) is 2.98. The second kappa shape index (κ2) is 10.0. The first-order valence-corrected chi connectivity index (χ1v) is 7.61. The van der Waals surface area contributed by atoms with E-state index in [0.717, 1.165) is 18.3 Å². The predicted molar refractivity (Wildman–Crippen MR) is 80.7 cm³/mol. The van der Waals surface area contributed by atoms with Gasteiger partial charge in [-0.2, -0.15) is 0 Å². The fraction of sp³-hybridized carbons (Fsp3) is 0.444. The molecule has 0 fully saturated rings. The van der Waals surface area contributed by atoms with Crippen molar-refractivity contribution in [1.82, 2.24) is 0 Å². The zero-order valence-electron chi connectivity index (χ0n) is 13.6. The van der Waals surface area contributed by atoms with Gasteiger partial charge in [0.05, 0.1) is 6.61 Å². The molecule has 118 valence electrons. The third-order valence-electron chi connectivity index (χ3n) is 4.33. The number of rotatable bonds is 8. The number of aliphatic carboxylic acids is 1. The molecule has 0 amide bonds. The van der Waals surface area contributed by atoms with Crippen LogP contribution in [0.25, 0.3) is 0 Å². The summed E-state index contributed by atoms with van der Waals surface area (Å²) in [5, 5.41) is 10.9. The molecule has 5 heteroatoms. The van der Waals surface area contributed by atoms with E-state index in [1.54, 1.807) is 0 Å². The van der Waals surface area contributed by atoms with Crippen molar-refractivity contribution in [2.45, 2.75) is 32.3 Å². The largest absolute Gasteiger partial charge is 1.00 e. The monoisotopic (exact) mass is 324 g/mol. The maximum Gasteiger partial charge on any atom is 1.00 e. The van der Waals surface area contributed by atoms with Crippen LogP contribution in [0.3, 0.4) is 0 Å².